The molecular formula is C15H24N2O4. The topological polar surface area (TPSA) is 70.1 Å². The minimum Gasteiger partial charge on any atom is -0.480 e. The fraction of sp³-hybridized carbons (Fsp3) is 0.867. The van der Waals surface area contributed by atoms with E-state index >= 15 is 0 Å². The van der Waals surface area contributed by atoms with Gasteiger partial charge in [-0.3, -0.25) is 0 Å². The standard InChI is InChI=1S/C15H24N2O4/c18-14(19)13-10-21-9-8-17(13)15(20)16-7-3-5-11-4-1-2-6-12(11)16/h11-13H,1-10H2,(H,18,19)/t11-,12-,13?/m1/s1. The molecule has 2 aliphatic heterocycles. The Morgan fingerprint density at radius 2 is 1.76 bits per heavy atom. The lowest BCUT2D eigenvalue weighted by molar-refractivity contribution is -0.148. The summed E-state index contributed by atoms with van der Waals surface area (Å²) in [6, 6.07) is -0.616. The van der Waals surface area contributed by atoms with Crippen LogP contribution < -0.4 is 0 Å². The van der Waals surface area contributed by atoms with Crippen LogP contribution >= 0.6 is 0 Å². The fourth-order valence-corrected chi connectivity index (χ4v) is 4.06. The van der Waals surface area contributed by atoms with Gasteiger partial charge in [0.25, 0.3) is 0 Å². The van der Waals surface area contributed by atoms with E-state index < -0.39 is 12.0 Å². The van der Waals surface area contributed by atoms with Gasteiger partial charge in [0.1, 0.15) is 0 Å². The van der Waals surface area contributed by atoms with Crippen LogP contribution in [0.2, 0.25) is 0 Å². The molecule has 6 heteroatoms. The Hall–Kier alpha value is -1.30. The first-order valence-corrected chi connectivity index (χ1v) is 8.06. The largest absolute Gasteiger partial charge is 0.480 e. The summed E-state index contributed by atoms with van der Waals surface area (Å²) in [4.78, 5) is 27.7. The molecular weight excluding hydrogens is 272 g/mol. The van der Waals surface area contributed by atoms with E-state index in [0.29, 0.717) is 25.1 Å². The van der Waals surface area contributed by atoms with Crippen molar-refractivity contribution in [3.05, 3.63) is 0 Å². The van der Waals surface area contributed by atoms with Crippen LogP contribution in [0.1, 0.15) is 38.5 Å². The second-order valence-corrected chi connectivity index (χ2v) is 6.35. The number of hydrogen-bond acceptors (Lipinski definition) is 3. The van der Waals surface area contributed by atoms with Crippen LogP contribution in [0.3, 0.4) is 0 Å². The number of urea groups is 1. The molecule has 0 aromatic carbocycles. The lowest BCUT2D eigenvalue weighted by Crippen LogP contribution is -2.60. The first kappa shape index (κ1) is 14.6. The molecule has 6 nitrogen and oxygen atoms in total. The van der Waals surface area contributed by atoms with E-state index in [0.717, 1.165) is 19.4 Å². The maximum Gasteiger partial charge on any atom is 0.328 e. The summed E-state index contributed by atoms with van der Waals surface area (Å²) in [5.74, 6) is -0.360. The number of rotatable bonds is 1. The SMILES string of the molecule is O=C(O)C1COCCN1C(=O)N1CCC[C@H]2CCCC[C@H]21. The second-order valence-electron chi connectivity index (χ2n) is 6.35. The second kappa shape index (κ2) is 6.22. The normalized spacial score (nSPS) is 33.4. The molecule has 0 aromatic rings. The van der Waals surface area contributed by atoms with Crippen LogP contribution in [0, 0.1) is 5.92 Å². The third kappa shape index (κ3) is 2.86. The number of amides is 2. The quantitative estimate of drug-likeness (QED) is 0.797. The molecule has 0 radical (unpaired) electrons. The zero-order valence-corrected chi connectivity index (χ0v) is 12.4. The molecule has 118 valence electrons. The van der Waals surface area contributed by atoms with Crippen LogP contribution in [-0.2, 0) is 9.53 Å². The molecule has 3 fully saturated rings. The number of likely N-dealkylation sites (tertiary alicyclic amines) is 1. The number of carbonyl (C=O) groups is 2. The highest BCUT2D eigenvalue weighted by atomic mass is 16.5. The summed E-state index contributed by atoms with van der Waals surface area (Å²) in [6.07, 6.45) is 6.96. The molecule has 3 atom stereocenters. The number of fused-ring (bicyclic) bond motifs is 1. The van der Waals surface area contributed by atoms with E-state index in [-0.39, 0.29) is 12.6 Å². The van der Waals surface area contributed by atoms with E-state index in [2.05, 4.69) is 0 Å². The number of ether oxygens (including phenoxy) is 1. The third-order valence-corrected chi connectivity index (χ3v) is 5.15. The summed E-state index contributed by atoms with van der Waals surface area (Å²) < 4.78 is 5.22. The molecule has 1 saturated carbocycles. The summed E-state index contributed by atoms with van der Waals surface area (Å²) in [5.41, 5.74) is 0. The van der Waals surface area contributed by atoms with Gasteiger partial charge in [-0.15, -0.1) is 0 Å². The zero-order valence-electron chi connectivity index (χ0n) is 12.4. The van der Waals surface area contributed by atoms with Gasteiger partial charge in [-0.2, -0.15) is 0 Å². The molecule has 1 N–H and O–H groups in total. The number of carboxylic acid groups (broad SMARTS) is 1. The van der Waals surface area contributed by atoms with Crippen molar-refractivity contribution in [2.75, 3.05) is 26.3 Å². The van der Waals surface area contributed by atoms with Gasteiger partial charge in [-0.05, 0) is 31.6 Å². The monoisotopic (exact) mass is 296 g/mol. The maximum atomic E-state index is 12.9. The summed E-state index contributed by atoms with van der Waals surface area (Å²) >= 11 is 0. The number of piperidine rings is 1. The Morgan fingerprint density at radius 1 is 1.00 bits per heavy atom. The van der Waals surface area contributed by atoms with Gasteiger partial charge in [-0.1, -0.05) is 12.8 Å². The van der Waals surface area contributed by atoms with Gasteiger partial charge in [0.05, 0.1) is 13.2 Å². The number of carbonyl (C=O) groups excluding carboxylic acids is 1. The van der Waals surface area contributed by atoms with Gasteiger partial charge in [0.2, 0.25) is 0 Å². The Labute approximate surface area is 125 Å². The zero-order chi connectivity index (χ0) is 14.8. The van der Waals surface area contributed by atoms with E-state index in [4.69, 9.17) is 4.74 Å². The average Bonchev–Trinajstić information content (AvgIpc) is 2.53. The van der Waals surface area contributed by atoms with Crippen molar-refractivity contribution < 1.29 is 19.4 Å². The van der Waals surface area contributed by atoms with E-state index in [9.17, 15) is 14.7 Å². The highest BCUT2D eigenvalue weighted by molar-refractivity contribution is 5.83. The van der Waals surface area contributed by atoms with Crippen molar-refractivity contribution in [3.63, 3.8) is 0 Å². The molecule has 0 bridgehead atoms. The Balaban J connectivity index is 1.74. The number of aliphatic carboxylic acids is 1. The van der Waals surface area contributed by atoms with Crippen LogP contribution in [0.5, 0.6) is 0 Å². The molecule has 0 aromatic heterocycles. The third-order valence-electron chi connectivity index (χ3n) is 5.15. The Bertz CT molecular complexity index is 412. The minimum absolute atomic E-state index is 0.0951. The molecule has 3 rings (SSSR count). The minimum atomic E-state index is -0.972. The summed E-state index contributed by atoms with van der Waals surface area (Å²) in [5, 5.41) is 9.30. The van der Waals surface area contributed by atoms with Crippen molar-refractivity contribution in [1.82, 2.24) is 9.80 Å². The molecule has 2 amide bonds. The van der Waals surface area contributed by atoms with Gasteiger partial charge in [-0.25, -0.2) is 9.59 Å². The molecule has 2 heterocycles. The highest BCUT2D eigenvalue weighted by Gasteiger charge is 2.41. The van der Waals surface area contributed by atoms with E-state index in [1.807, 2.05) is 4.90 Å². The number of carboxylic acids is 1. The fourth-order valence-electron chi connectivity index (χ4n) is 4.06. The van der Waals surface area contributed by atoms with E-state index in [1.54, 1.807) is 0 Å². The first-order chi connectivity index (χ1) is 10.2. The molecule has 1 unspecified atom stereocenters. The van der Waals surface area contributed by atoms with Gasteiger partial charge < -0.3 is 19.6 Å². The van der Waals surface area contributed by atoms with Gasteiger partial charge >= 0.3 is 12.0 Å². The van der Waals surface area contributed by atoms with Gasteiger partial charge in [0.15, 0.2) is 6.04 Å². The van der Waals surface area contributed by atoms with E-state index in [1.165, 1.54) is 30.6 Å². The van der Waals surface area contributed by atoms with Crippen molar-refractivity contribution in [2.24, 2.45) is 5.92 Å². The van der Waals surface area contributed by atoms with Crippen molar-refractivity contribution in [3.8, 4) is 0 Å². The number of hydrogen-bond donors (Lipinski definition) is 1. The molecule has 1 aliphatic carbocycles. The van der Waals surface area contributed by atoms with Crippen LogP contribution in [0.15, 0.2) is 0 Å². The highest BCUT2D eigenvalue weighted by Crippen LogP contribution is 2.36. The predicted octanol–water partition coefficient (Wildman–Crippen LogP) is 1.55. The van der Waals surface area contributed by atoms with Crippen LogP contribution in [0.25, 0.3) is 0 Å². The average molecular weight is 296 g/mol. The summed E-state index contributed by atoms with van der Waals surface area (Å²) in [6.45, 7) is 1.67. The van der Waals surface area contributed by atoms with Crippen LogP contribution in [0.4, 0.5) is 4.79 Å². The number of morpholine rings is 1. The maximum absolute atomic E-state index is 12.9. The number of nitrogens with zero attached hydrogens (tertiary/aromatic N) is 2. The molecule has 2 saturated heterocycles. The van der Waals surface area contributed by atoms with Crippen LogP contribution in [-0.4, -0.2) is 65.3 Å². The first-order valence-electron chi connectivity index (χ1n) is 8.06. The van der Waals surface area contributed by atoms with Crippen molar-refractivity contribution in [2.45, 2.75) is 50.6 Å². The smallest absolute Gasteiger partial charge is 0.328 e. The van der Waals surface area contributed by atoms with Crippen molar-refractivity contribution in [1.29, 1.82) is 0 Å². The lowest BCUT2D eigenvalue weighted by Gasteiger charge is -2.47. The predicted molar refractivity (Wildman–Crippen MR) is 76.0 cm³/mol. The van der Waals surface area contributed by atoms with Gasteiger partial charge in [0, 0.05) is 19.1 Å². The van der Waals surface area contributed by atoms with Crippen molar-refractivity contribution >= 4 is 12.0 Å². The lowest BCUT2D eigenvalue weighted by atomic mass is 9.78. The molecule has 21 heavy (non-hydrogen) atoms. The molecule has 0 spiro atoms. The summed E-state index contributed by atoms with van der Waals surface area (Å²) in [7, 11) is 0. The molecule has 3 aliphatic rings. The Kier molecular flexibility index (Phi) is 4.33. The Morgan fingerprint density at radius 3 is 2.57 bits per heavy atom.